The Labute approximate surface area is 252 Å². The molecule has 10 nitrogen and oxygen atoms in total. The van der Waals surface area contributed by atoms with E-state index in [9.17, 15) is 19.0 Å². The van der Waals surface area contributed by atoms with Crippen LogP contribution in [0.2, 0.25) is 5.02 Å². The Kier molecular flexibility index (Phi) is 7.77. The molecule has 4 unspecified atom stereocenters. The Bertz CT molecular complexity index is 1830. The minimum absolute atomic E-state index is 0.0724. The fourth-order valence-electron chi connectivity index (χ4n) is 5.47. The summed E-state index contributed by atoms with van der Waals surface area (Å²) in [7, 11) is 1.39. The lowest BCUT2D eigenvalue weighted by molar-refractivity contribution is -0.230. The second kappa shape index (κ2) is 11.3. The molecule has 2 N–H and O–H groups in total. The van der Waals surface area contributed by atoms with Gasteiger partial charge in [-0.05, 0) is 39.0 Å². The van der Waals surface area contributed by atoms with Crippen molar-refractivity contribution in [1.82, 2.24) is 29.5 Å². The zero-order valence-corrected chi connectivity index (χ0v) is 24.8. The smallest absolute Gasteiger partial charge is 0.178 e. The van der Waals surface area contributed by atoms with Crippen LogP contribution >= 0.6 is 22.9 Å². The molecule has 226 valence electrons. The molecular weight excluding hydrogens is 609 g/mol. The van der Waals surface area contributed by atoms with Gasteiger partial charge in [-0.1, -0.05) is 11.6 Å². The first-order valence-corrected chi connectivity index (χ1v) is 14.4. The van der Waals surface area contributed by atoms with Crippen molar-refractivity contribution >= 4 is 33.2 Å². The molecule has 15 heteroatoms. The number of thiazole rings is 1. The number of aliphatic hydroxyl groups is 2. The molecule has 0 spiro atoms. The summed E-state index contributed by atoms with van der Waals surface area (Å²) in [5, 5.41) is 31.6. The summed E-state index contributed by atoms with van der Waals surface area (Å²) in [6.07, 6.45) is -3.00. The molecular formula is C28H26ClF3N6O4S. The summed E-state index contributed by atoms with van der Waals surface area (Å²) in [6.45, 7) is 4.93. The number of methoxy groups -OCH3 is 1. The first kappa shape index (κ1) is 29.7. The lowest BCUT2D eigenvalue weighted by Crippen LogP contribution is -2.56. The van der Waals surface area contributed by atoms with E-state index < -0.39 is 54.0 Å². The number of ether oxygens (including phenoxy) is 2. The molecule has 1 fully saturated rings. The minimum atomic E-state index is -1.43. The highest BCUT2D eigenvalue weighted by molar-refractivity contribution is 7.18. The van der Waals surface area contributed by atoms with Gasteiger partial charge in [0.15, 0.2) is 23.3 Å². The third-order valence-corrected chi connectivity index (χ3v) is 8.64. The number of nitrogens with zero attached hydrogens (tertiary/aromatic N) is 6. The molecule has 0 bridgehead atoms. The highest BCUT2D eigenvalue weighted by Crippen LogP contribution is 2.41. The number of benzene rings is 2. The van der Waals surface area contributed by atoms with Crippen LogP contribution in [0.5, 0.6) is 0 Å². The summed E-state index contributed by atoms with van der Waals surface area (Å²) >= 11 is 7.10. The molecule has 0 radical (unpaired) electrons. The highest BCUT2D eigenvalue weighted by atomic mass is 35.5. The van der Waals surface area contributed by atoms with Crippen molar-refractivity contribution in [3.8, 4) is 16.8 Å². The number of aryl methyl sites for hydroxylation is 2. The Morgan fingerprint density at radius 1 is 1.14 bits per heavy atom. The molecule has 6 rings (SSSR count). The van der Waals surface area contributed by atoms with Crippen LogP contribution in [0.25, 0.3) is 27.0 Å². The maximum Gasteiger partial charge on any atom is 0.178 e. The number of rotatable bonds is 6. The molecule has 4 heterocycles. The third kappa shape index (κ3) is 5.11. The third-order valence-electron chi connectivity index (χ3n) is 7.41. The standard InChI is InChI=1S/C28H26ClF3N6O4S/c1-11(39)25-26(41-4)23(37-10-14(9-33-37)15-5-6-16(29)22(32)21(15)31)24(40)27(42-25)28-34-12(2)36-38(28)19-8-20-18(7-17(19)30)35-13(3)43-20/h5-11,23-27,39-40H,1-4H3/t11?,23?,24?,25?,26-,27-/m1/s1. The van der Waals surface area contributed by atoms with Gasteiger partial charge in [0.05, 0.1) is 32.5 Å². The average molecular weight is 635 g/mol. The zero-order valence-electron chi connectivity index (χ0n) is 23.2. The Morgan fingerprint density at radius 2 is 1.91 bits per heavy atom. The number of aromatic nitrogens is 6. The molecule has 1 aliphatic rings. The van der Waals surface area contributed by atoms with Gasteiger partial charge >= 0.3 is 0 Å². The van der Waals surface area contributed by atoms with E-state index in [0.29, 0.717) is 5.52 Å². The summed E-state index contributed by atoms with van der Waals surface area (Å²) in [5.41, 5.74) is 0.691. The van der Waals surface area contributed by atoms with Gasteiger partial charge in [0.25, 0.3) is 0 Å². The zero-order chi connectivity index (χ0) is 30.7. The predicted octanol–water partition coefficient (Wildman–Crippen LogP) is 4.87. The van der Waals surface area contributed by atoms with E-state index >= 15 is 4.39 Å². The molecule has 1 saturated heterocycles. The maximum atomic E-state index is 15.4. The van der Waals surface area contributed by atoms with Crippen molar-refractivity contribution < 1.29 is 32.9 Å². The molecule has 43 heavy (non-hydrogen) atoms. The summed E-state index contributed by atoms with van der Waals surface area (Å²) in [5.74, 6) is -2.60. The topological polar surface area (TPSA) is 120 Å². The Morgan fingerprint density at radius 3 is 2.63 bits per heavy atom. The largest absolute Gasteiger partial charge is 0.391 e. The van der Waals surface area contributed by atoms with Crippen LogP contribution in [0.15, 0.2) is 36.7 Å². The number of hydrogen-bond donors (Lipinski definition) is 2. The monoisotopic (exact) mass is 634 g/mol. The Balaban J connectivity index is 1.45. The first-order chi connectivity index (χ1) is 20.5. The fraction of sp³-hybridized carbons (Fsp3) is 0.357. The van der Waals surface area contributed by atoms with Gasteiger partial charge < -0.3 is 19.7 Å². The second-order valence-electron chi connectivity index (χ2n) is 10.3. The lowest BCUT2D eigenvalue weighted by atomic mass is 9.89. The molecule has 2 aromatic carbocycles. The molecule has 0 aliphatic carbocycles. The van der Waals surface area contributed by atoms with Crippen LogP contribution in [-0.4, -0.2) is 71.3 Å². The molecule has 5 aromatic rings. The van der Waals surface area contributed by atoms with Gasteiger partial charge in [-0.15, -0.1) is 11.3 Å². The van der Waals surface area contributed by atoms with E-state index in [4.69, 9.17) is 21.1 Å². The highest BCUT2D eigenvalue weighted by Gasteiger charge is 2.50. The van der Waals surface area contributed by atoms with E-state index in [-0.39, 0.29) is 33.5 Å². The minimum Gasteiger partial charge on any atom is -0.391 e. The van der Waals surface area contributed by atoms with Gasteiger partial charge in [-0.3, -0.25) is 4.68 Å². The van der Waals surface area contributed by atoms with E-state index in [1.807, 2.05) is 6.92 Å². The van der Waals surface area contributed by atoms with Crippen molar-refractivity contribution in [1.29, 1.82) is 0 Å². The van der Waals surface area contributed by atoms with E-state index in [0.717, 1.165) is 9.71 Å². The van der Waals surface area contributed by atoms with Crippen molar-refractivity contribution in [2.45, 2.75) is 57.3 Å². The molecule has 0 saturated carbocycles. The van der Waals surface area contributed by atoms with Gasteiger partial charge in [-0.2, -0.15) is 10.2 Å². The first-order valence-electron chi connectivity index (χ1n) is 13.2. The van der Waals surface area contributed by atoms with E-state index in [2.05, 4.69) is 20.2 Å². The van der Waals surface area contributed by atoms with Crippen molar-refractivity contribution in [3.05, 3.63) is 75.8 Å². The summed E-state index contributed by atoms with van der Waals surface area (Å²) in [4.78, 5) is 8.81. The van der Waals surface area contributed by atoms with Crippen molar-refractivity contribution in [2.24, 2.45) is 0 Å². The van der Waals surface area contributed by atoms with Gasteiger partial charge in [0.1, 0.15) is 42.0 Å². The normalized spacial score (nSPS) is 23.3. The van der Waals surface area contributed by atoms with Gasteiger partial charge in [0.2, 0.25) is 0 Å². The van der Waals surface area contributed by atoms with Crippen LogP contribution in [0.4, 0.5) is 13.2 Å². The van der Waals surface area contributed by atoms with Crippen molar-refractivity contribution in [2.75, 3.05) is 7.11 Å². The number of hydrogen-bond acceptors (Lipinski definition) is 9. The molecule has 6 atom stereocenters. The van der Waals surface area contributed by atoms with Crippen LogP contribution < -0.4 is 0 Å². The van der Waals surface area contributed by atoms with E-state index in [1.54, 1.807) is 13.0 Å². The van der Waals surface area contributed by atoms with Crippen LogP contribution in [0.3, 0.4) is 0 Å². The van der Waals surface area contributed by atoms with Crippen LogP contribution in [-0.2, 0) is 9.47 Å². The quantitative estimate of drug-likeness (QED) is 0.254. The average Bonchev–Trinajstić information content (AvgIpc) is 3.68. The van der Waals surface area contributed by atoms with Crippen LogP contribution in [0, 0.1) is 31.3 Å². The Hall–Kier alpha value is -3.40. The van der Waals surface area contributed by atoms with Gasteiger partial charge in [0, 0.05) is 30.5 Å². The number of fused-ring (bicyclic) bond motifs is 1. The molecule has 1 aliphatic heterocycles. The van der Waals surface area contributed by atoms with Crippen LogP contribution in [0.1, 0.15) is 35.7 Å². The van der Waals surface area contributed by atoms with E-state index in [1.165, 1.54) is 65.3 Å². The molecule has 3 aromatic heterocycles. The number of aliphatic hydroxyl groups excluding tert-OH is 2. The number of halogens is 4. The lowest BCUT2D eigenvalue weighted by Gasteiger charge is -2.44. The predicted molar refractivity (Wildman–Crippen MR) is 152 cm³/mol. The SMILES string of the molecule is CO[C@H]1C(C(C)O)O[C@@H](c2nc(C)nn2-c2cc3sc(C)nc3cc2F)C(O)C1n1cc(-c2ccc(Cl)c(F)c2F)cn1. The second-order valence-corrected chi connectivity index (χ2v) is 12.0. The summed E-state index contributed by atoms with van der Waals surface area (Å²) in [6, 6.07) is 4.44. The maximum absolute atomic E-state index is 15.4. The molecule has 0 amide bonds. The fourth-order valence-corrected chi connectivity index (χ4v) is 6.46. The van der Waals surface area contributed by atoms with Gasteiger partial charge in [-0.25, -0.2) is 27.8 Å². The summed E-state index contributed by atoms with van der Waals surface area (Å²) < 4.78 is 59.6. The van der Waals surface area contributed by atoms with Crippen molar-refractivity contribution in [3.63, 3.8) is 0 Å².